The summed E-state index contributed by atoms with van der Waals surface area (Å²) in [5, 5.41) is 2.00. The van der Waals surface area contributed by atoms with E-state index in [9.17, 15) is 4.79 Å². The molecule has 1 fully saturated rings. The van der Waals surface area contributed by atoms with Gasteiger partial charge < -0.3 is 5.73 Å². The highest BCUT2D eigenvalue weighted by molar-refractivity contribution is 5.80. The van der Waals surface area contributed by atoms with Gasteiger partial charge in [-0.2, -0.15) is 0 Å². The van der Waals surface area contributed by atoms with E-state index in [1.54, 1.807) is 0 Å². The van der Waals surface area contributed by atoms with Crippen molar-refractivity contribution >= 4 is 5.91 Å². The van der Waals surface area contributed by atoms with Crippen LogP contribution in [0.2, 0.25) is 0 Å². The van der Waals surface area contributed by atoms with E-state index in [1.165, 1.54) is 19.3 Å². The van der Waals surface area contributed by atoms with Crippen LogP contribution in [0.1, 0.15) is 45.4 Å². The van der Waals surface area contributed by atoms with E-state index in [0.29, 0.717) is 0 Å². The topological polar surface area (TPSA) is 58.4 Å². The van der Waals surface area contributed by atoms with Gasteiger partial charge in [0.2, 0.25) is 0 Å². The Morgan fingerprint density at radius 2 is 2.07 bits per heavy atom. The Balaban J connectivity index is 2.20. The number of unbranched alkanes of at least 4 members (excludes halogenated alkanes) is 1. The molecule has 15 heavy (non-hydrogen) atoms. The van der Waals surface area contributed by atoms with Crippen LogP contribution in [0.4, 0.5) is 0 Å². The van der Waals surface area contributed by atoms with E-state index < -0.39 is 0 Å². The summed E-state index contributed by atoms with van der Waals surface area (Å²) >= 11 is 0. The van der Waals surface area contributed by atoms with Gasteiger partial charge in [0.05, 0.1) is 6.04 Å². The quantitative estimate of drug-likeness (QED) is 0.717. The number of amides is 1. The minimum absolute atomic E-state index is 0.0228. The largest absolute Gasteiger partial charge is 0.320 e. The summed E-state index contributed by atoms with van der Waals surface area (Å²) in [5.41, 5.74) is 8.68. The normalized spacial score (nSPS) is 19.9. The molecule has 0 aromatic heterocycles. The van der Waals surface area contributed by atoms with Gasteiger partial charge in [-0.3, -0.25) is 10.2 Å². The van der Waals surface area contributed by atoms with E-state index in [4.69, 9.17) is 5.73 Å². The zero-order valence-electron chi connectivity index (χ0n) is 9.67. The van der Waals surface area contributed by atoms with Crippen molar-refractivity contribution in [3.8, 4) is 0 Å². The molecule has 4 heteroatoms. The van der Waals surface area contributed by atoms with Crippen molar-refractivity contribution in [1.82, 2.24) is 10.4 Å². The molecule has 0 aromatic rings. The number of rotatable bonds is 5. The third-order valence-corrected chi connectivity index (χ3v) is 2.83. The van der Waals surface area contributed by atoms with Gasteiger partial charge in [0.1, 0.15) is 0 Å². The highest BCUT2D eigenvalue weighted by Gasteiger charge is 2.17. The number of carbonyl (C=O) groups is 1. The molecule has 1 saturated heterocycles. The highest BCUT2D eigenvalue weighted by atomic mass is 16.2. The smallest absolute Gasteiger partial charge is 0.251 e. The summed E-state index contributed by atoms with van der Waals surface area (Å²) in [6, 6.07) is -0.341. The molecule has 0 radical (unpaired) electrons. The number of hydrazine groups is 1. The number of hydrogen-bond donors (Lipinski definition) is 2. The van der Waals surface area contributed by atoms with Crippen LogP contribution < -0.4 is 11.2 Å². The number of nitrogens with zero attached hydrogens (tertiary/aromatic N) is 1. The SMILES string of the molecule is CCCC[C@H](N)C(=O)NN1CCCCC1. The molecule has 0 aromatic carbocycles. The van der Waals surface area contributed by atoms with E-state index in [2.05, 4.69) is 12.3 Å². The van der Waals surface area contributed by atoms with Crippen LogP contribution in [0.25, 0.3) is 0 Å². The lowest BCUT2D eigenvalue weighted by molar-refractivity contribution is -0.127. The maximum Gasteiger partial charge on any atom is 0.251 e. The van der Waals surface area contributed by atoms with Crippen LogP contribution >= 0.6 is 0 Å². The van der Waals surface area contributed by atoms with Crippen molar-refractivity contribution in [3.63, 3.8) is 0 Å². The predicted octanol–water partition coefficient (Wildman–Crippen LogP) is 1.02. The third-order valence-electron chi connectivity index (χ3n) is 2.83. The van der Waals surface area contributed by atoms with Gasteiger partial charge >= 0.3 is 0 Å². The monoisotopic (exact) mass is 213 g/mol. The van der Waals surface area contributed by atoms with E-state index in [-0.39, 0.29) is 11.9 Å². The third kappa shape index (κ3) is 4.62. The second kappa shape index (κ2) is 6.80. The molecule has 0 saturated carbocycles. The fourth-order valence-corrected chi connectivity index (χ4v) is 1.80. The minimum Gasteiger partial charge on any atom is -0.320 e. The van der Waals surface area contributed by atoms with Gasteiger partial charge in [0.15, 0.2) is 0 Å². The summed E-state index contributed by atoms with van der Waals surface area (Å²) < 4.78 is 0. The second-order valence-corrected chi connectivity index (χ2v) is 4.27. The molecular formula is C11H23N3O. The van der Waals surface area contributed by atoms with Crippen molar-refractivity contribution in [1.29, 1.82) is 0 Å². The Morgan fingerprint density at radius 1 is 1.40 bits per heavy atom. The molecule has 3 N–H and O–H groups in total. The van der Waals surface area contributed by atoms with Crippen LogP contribution in [0.3, 0.4) is 0 Å². The van der Waals surface area contributed by atoms with Crippen LogP contribution in [0.15, 0.2) is 0 Å². The van der Waals surface area contributed by atoms with Gasteiger partial charge in [-0.25, -0.2) is 5.01 Å². The van der Waals surface area contributed by atoms with Crippen LogP contribution in [-0.2, 0) is 4.79 Å². The molecule has 1 amide bonds. The van der Waals surface area contributed by atoms with E-state index >= 15 is 0 Å². The van der Waals surface area contributed by atoms with Crippen LogP contribution in [-0.4, -0.2) is 30.0 Å². The maximum absolute atomic E-state index is 11.6. The minimum atomic E-state index is -0.341. The summed E-state index contributed by atoms with van der Waals surface area (Å²) in [6.07, 6.45) is 6.51. The highest BCUT2D eigenvalue weighted by Crippen LogP contribution is 2.06. The molecule has 0 spiro atoms. The van der Waals surface area contributed by atoms with Gasteiger partial charge in [0, 0.05) is 13.1 Å². The van der Waals surface area contributed by atoms with Gasteiger partial charge in [0.25, 0.3) is 5.91 Å². The van der Waals surface area contributed by atoms with Crippen LogP contribution in [0.5, 0.6) is 0 Å². The molecule has 0 aliphatic carbocycles. The van der Waals surface area contributed by atoms with E-state index in [0.717, 1.165) is 32.4 Å². The molecule has 1 aliphatic rings. The standard InChI is InChI=1S/C11H23N3O/c1-2-3-7-10(12)11(15)13-14-8-5-4-6-9-14/h10H,2-9,12H2,1H3,(H,13,15)/t10-/m0/s1. The maximum atomic E-state index is 11.6. The summed E-state index contributed by atoms with van der Waals surface area (Å²) in [4.78, 5) is 11.6. The van der Waals surface area contributed by atoms with Gasteiger partial charge in [-0.05, 0) is 19.3 Å². The average Bonchev–Trinajstić information content (AvgIpc) is 2.27. The summed E-state index contributed by atoms with van der Waals surface area (Å²) in [5.74, 6) is -0.0228. The van der Waals surface area contributed by atoms with Gasteiger partial charge in [-0.15, -0.1) is 0 Å². The zero-order valence-corrected chi connectivity index (χ0v) is 9.67. The molecule has 1 heterocycles. The van der Waals surface area contributed by atoms with Crippen LogP contribution in [0, 0.1) is 0 Å². The number of nitrogens with one attached hydrogen (secondary N) is 1. The Bertz CT molecular complexity index is 190. The van der Waals surface area contributed by atoms with E-state index in [1.807, 2.05) is 5.01 Å². The molecule has 1 rings (SSSR count). The fourth-order valence-electron chi connectivity index (χ4n) is 1.80. The Hall–Kier alpha value is -0.610. The first-order valence-electron chi connectivity index (χ1n) is 6.05. The molecule has 0 bridgehead atoms. The fraction of sp³-hybridized carbons (Fsp3) is 0.909. The van der Waals surface area contributed by atoms with Crippen molar-refractivity contribution in [2.75, 3.05) is 13.1 Å². The first-order chi connectivity index (χ1) is 7.24. The predicted molar refractivity (Wildman–Crippen MR) is 61.1 cm³/mol. The molecular weight excluding hydrogens is 190 g/mol. The van der Waals surface area contributed by atoms with Crippen molar-refractivity contribution < 1.29 is 4.79 Å². The van der Waals surface area contributed by atoms with Crippen molar-refractivity contribution in [3.05, 3.63) is 0 Å². The summed E-state index contributed by atoms with van der Waals surface area (Å²) in [6.45, 7) is 4.04. The Kier molecular flexibility index (Phi) is 5.65. The molecule has 1 aliphatic heterocycles. The Labute approximate surface area is 92.2 Å². The lowest BCUT2D eigenvalue weighted by atomic mass is 10.1. The van der Waals surface area contributed by atoms with Crippen molar-refractivity contribution in [2.24, 2.45) is 5.73 Å². The summed E-state index contributed by atoms with van der Waals surface area (Å²) in [7, 11) is 0. The number of nitrogens with two attached hydrogens (primary N) is 1. The number of hydrogen-bond acceptors (Lipinski definition) is 3. The number of carbonyl (C=O) groups excluding carboxylic acids is 1. The number of piperidine rings is 1. The lowest BCUT2D eigenvalue weighted by Crippen LogP contribution is -2.51. The second-order valence-electron chi connectivity index (χ2n) is 4.27. The molecule has 0 unspecified atom stereocenters. The zero-order chi connectivity index (χ0) is 11.1. The van der Waals surface area contributed by atoms with Crippen molar-refractivity contribution in [2.45, 2.75) is 51.5 Å². The molecule has 4 nitrogen and oxygen atoms in total. The average molecular weight is 213 g/mol. The Morgan fingerprint density at radius 3 is 2.67 bits per heavy atom. The molecule has 88 valence electrons. The van der Waals surface area contributed by atoms with Gasteiger partial charge in [-0.1, -0.05) is 26.2 Å². The molecule has 1 atom stereocenters. The first-order valence-corrected chi connectivity index (χ1v) is 6.05. The lowest BCUT2D eigenvalue weighted by Gasteiger charge is -2.28. The first kappa shape index (κ1) is 12.5.